The molecule has 0 saturated heterocycles. The molecule has 1 heterocycles. The summed E-state index contributed by atoms with van der Waals surface area (Å²) in [6.07, 6.45) is -0.560. The van der Waals surface area contributed by atoms with Gasteiger partial charge in [-0.15, -0.1) is 0 Å². The van der Waals surface area contributed by atoms with E-state index in [4.69, 9.17) is 11.6 Å². The maximum Gasteiger partial charge on any atom is 0.270 e. The Morgan fingerprint density at radius 2 is 1.88 bits per heavy atom. The van der Waals surface area contributed by atoms with E-state index in [0.717, 1.165) is 6.07 Å². The van der Waals surface area contributed by atoms with Gasteiger partial charge in [0.25, 0.3) is 11.6 Å². The molecule has 0 bridgehead atoms. The van der Waals surface area contributed by atoms with Crippen LogP contribution >= 0.6 is 27.5 Å². The first-order valence-electron chi connectivity index (χ1n) is 9.56. The number of Topliss-reactive ketones (excluding diaryl/α,β-unsaturated/α-hetero) is 1. The Hall–Kier alpha value is -3.07. The van der Waals surface area contributed by atoms with E-state index in [1.807, 2.05) is 0 Å². The van der Waals surface area contributed by atoms with Crippen LogP contribution in [0.1, 0.15) is 27.9 Å². The first kappa shape index (κ1) is 22.1. The number of anilines is 1. The van der Waals surface area contributed by atoms with Crippen molar-refractivity contribution in [1.29, 1.82) is 0 Å². The van der Waals surface area contributed by atoms with Crippen molar-refractivity contribution in [2.75, 3.05) is 4.90 Å². The molecule has 1 N–H and O–H groups in total. The molecule has 0 unspecified atom stereocenters. The van der Waals surface area contributed by atoms with Gasteiger partial charge in [-0.25, -0.2) is 0 Å². The lowest BCUT2D eigenvalue weighted by molar-refractivity contribution is -0.384. The topological polar surface area (TPSA) is 101 Å². The van der Waals surface area contributed by atoms with Gasteiger partial charge in [-0.2, -0.15) is 0 Å². The molecule has 3 aromatic rings. The van der Waals surface area contributed by atoms with Gasteiger partial charge in [0.05, 0.1) is 23.6 Å². The summed E-state index contributed by atoms with van der Waals surface area (Å²) in [6, 6.07) is 17.3. The number of non-ortho nitro benzene ring substituents is 1. The largest absolute Gasteiger partial charge is 0.375 e. The third kappa shape index (κ3) is 3.92. The Balaban J connectivity index is 1.72. The lowest BCUT2D eigenvalue weighted by atomic mass is 9.88. The summed E-state index contributed by atoms with van der Waals surface area (Å²) < 4.78 is 0.630. The number of hydrogen-bond acceptors (Lipinski definition) is 5. The van der Waals surface area contributed by atoms with Crippen LogP contribution < -0.4 is 4.90 Å². The van der Waals surface area contributed by atoms with Crippen LogP contribution in [0.25, 0.3) is 0 Å². The van der Waals surface area contributed by atoms with E-state index in [1.165, 1.54) is 23.1 Å². The zero-order chi connectivity index (χ0) is 23.0. The average molecular weight is 516 g/mol. The lowest BCUT2D eigenvalue weighted by Crippen LogP contribution is -2.41. The fraction of sp³-hybridized carbons (Fsp3) is 0.130. The average Bonchev–Trinajstić information content (AvgIpc) is 2.96. The van der Waals surface area contributed by atoms with E-state index in [1.54, 1.807) is 42.5 Å². The summed E-state index contributed by atoms with van der Waals surface area (Å²) in [7, 11) is 0. The first-order valence-corrected chi connectivity index (χ1v) is 10.7. The number of nitro groups is 1. The summed E-state index contributed by atoms with van der Waals surface area (Å²) in [5.41, 5.74) is -0.895. The van der Waals surface area contributed by atoms with Crippen molar-refractivity contribution in [1.82, 2.24) is 0 Å². The van der Waals surface area contributed by atoms with Crippen molar-refractivity contribution in [3.63, 3.8) is 0 Å². The second kappa shape index (κ2) is 8.46. The minimum atomic E-state index is -2.12. The van der Waals surface area contributed by atoms with Crippen LogP contribution in [0.5, 0.6) is 0 Å². The number of aliphatic hydroxyl groups is 1. The molecule has 0 aromatic heterocycles. The molecule has 1 aliphatic rings. The van der Waals surface area contributed by atoms with Crippen molar-refractivity contribution < 1.29 is 19.6 Å². The van der Waals surface area contributed by atoms with Crippen LogP contribution in [0.3, 0.4) is 0 Å². The second-order valence-corrected chi connectivity index (χ2v) is 8.73. The standard InChI is InChI=1S/C23H16BrClN2O5/c24-16-8-9-20-18(11-16)23(30,12-21(28)14-5-3-6-17(10-14)27(31)32)22(29)26(20)13-15-4-1-2-7-19(15)25/h1-11,30H,12-13H2/t23-/m0/s1. The third-order valence-corrected chi connectivity index (χ3v) is 6.24. The summed E-state index contributed by atoms with van der Waals surface area (Å²) in [5, 5.41) is 23.0. The molecule has 7 nitrogen and oxygen atoms in total. The molecule has 0 radical (unpaired) electrons. The van der Waals surface area contributed by atoms with E-state index in [0.29, 0.717) is 20.7 Å². The molecule has 162 valence electrons. The molecule has 0 saturated carbocycles. The van der Waals surface area contributed by atoms with Gasteiger partial charge in [-0.1, -0.05) is 57.9 Å². The number of carbonyl (C=O) groups is 2. The highest BCUT2D eigenvalue weighted by atomic mass is 79.9. The fourth-order valence-electron chi connectivity index (χ4n) is 3.77. The Bertz CT molecular complexity index is 1260. The predicted molar refractivity (Wildman–Crippen MR) is 123 cm³/mol. The quantitative estimate of drug-likeness (QED) is 0.282. The molecule has 0 aliphatic carbocycles. The SMILES string of the molecule is O=C(C[C@@]1(O)C(=O)N(Cc2ccccc2Cl)c2ccc(Br)cc21)c1cccc([N+](=O)[O-])c1. The molecule has 1 atom stereocenters. The zero-order valence-electron chi connectivity index (χ0n) is 16.5. The number of benzene rings is 3. The number of hydrogen-bond donors (Lipinski definition) is 1. The van der Waals surface area contributed by atoms with Gasteiger partial charge in [-0.05, 0) is 29.8 Å². The first-order chi connectivity index (χ1) is 15.2. The molecular formula is C23H16BrClN2O5. The van der Waals surface area contributed by atoms with Crippen LogP contribution in [0, 0.1) is 10.1 Å². The van der Waals surface area contributed by atoms with Crippen LogP contribution in [-0.2, 0) is 16.9 Å². The van der Waals surface area contributed by atoms with Crippen molar-refractivity contribution in [2.24, 2.45) is 0 Å². The zero-order valence-corrected chi connectivity index (χ0v) is 18.8. The number of fused-ring (bicyclic) bond motifs is 1. The summed E-state index contributed by atoms with van der Waals surface area (Å²) in [4.78, 5) is 38.2. The van der Waals surface area contributed by atoms with Gasteiger partial charge in [0, 0.05) is 32.8 Å². The Morgan fingerprint density at radius 3 is 2.59 bits per heavy atom. The second-order valence-electron chi connectivity index (χ2n) is 7.41. The Morgan fingerprint density at radius 1 is 1.12 bits per heavy atom. The number of ketones is 1. The van der Waals surface area contributed by atoms with Crippen molar-refractivity contribution in [3.8, 4) is 0 Å². The molecule has 0 spiro atoms. The van der Waals surface area contributed by atoms with Gasteiger partial charge >= 0.3 is 0 Å². The van der Waals surface area contributed by atoms with Crippen LogP contribution in [-0.4, -0.2) is 21.7 Å². The lowest BCUT2D eigenvalue weighted by Gasteiger charge is -2.23. The molecular weight excluding hydrogens is 500 g/mol. The number of rotatable bonds is 6. The van der Waals surface area contributed by atoms with Gasteiger partial charge in [0.2, 0.25) is 0 Å². The third-order valence-electron chi connectivity index (χ3n) is 5.38. The molecule has 0 fully saturated rings. The maximum atomic E-state index is 13.4. The maximum absolute atomic E-state index is 13.4. The van der Waals surface area contributed by atoms with E-state index in [-0.39, 0.29) is 23.4 Å². The van der Waals surface area contributed by atoms with Crippen LogP contribution in [0.15, 0.2) is 71.2 Å². The summed E-state index contributed by atoms with van der Waals surface area (Å²) >= 11 is 9.61. The van der Waals surface area contributed by atoms with Gasteiger partial charge in [-0.3, -0.25) is 19.7 Å². The summed E-state index contributed by atoms with van der Waals surface area (Å²) in [6.45, 7) is 0.112. The number of nitro benzene ring substituents is 1. The smallest absolute Gasteiger partial charge is 0.270 e. The van der Waals surface area contributed by atoms with Gasteiger partial charge in [0.1, 0.15) is 0 Å². The fourth-order valence-corrected chi connectivity index (χ4v) is 4.33. The highest BCUT2D eigenvalue weighted by Gasteiger charge is 2.51. The highest BCUT2D eigenvalue weighted by molar-refractivity contribution is 9.10. The van der Waals surface area contributed by atoms with Crippen molar-refractivity contribution in [3.05, 3.63) is 103 Å². The van der Waals surface area contributed by atoms with E-state index in [2.05, 4.69) is 15.9 Å². The molecule has 1 amide bonds. The van der Waals surface area contributed by atoms with E-state index in [9.17, 15) is 24.8 Å². The number of nitrogens with zero attached hydrogens (tertiary/aromatic N) is 2. The minimum Gasteiger partial charge on any atom is -0.375 e. The van der Waals surface area contributed by atoms with Crippen molar-refractivity contribution >= 4 is 50.6 Å². The number of halogens is 2. The van der Waals surface area contributed by atoms with Crippen molar-refractivity contribution in [2.45, 2.75) is 18.6 Å². The monoisotopic (exact) mass is 514 g/mol. The number of amides is 1. The molecule has 4 rings (SSSR count). The molecule has 32 heavy (non-hydrogen) atoms. The Kier molecular flexibility index (Phi) is 5.85. The number of carbonyl (C=O) groups excluding carboxylic acids is 2. The highest BCUT2D eigenvalue weighted by Crippen LogP contribution is 2.45. The van der Waals surface area contributed by atoms with Gasteiger partial charge < -0.3 is 10.0 Å². The van der Waals surface area contributed by atoms with E-state index >= 15 is 0 Å². The minimum absolute atomic E-state index is 0.0431. The molecule has 1 aliphatic heterocycles. The predicted octanol–water partition coefficient (Wildman–Crippen LogP) is 5.02. The summed E-state index contributed by atoms with van der Waals surface area (Å²) in [5.74, 6) is -1.25. The van der Waals surface area contributed by atoms with Gasteiger partial charge in [0.15, 0.2) is 11.4 Å². The van der Waals surface area contributed by atoms with E-state index < -0.39 is 28.6 Å². The normalized spacial score (nSPS) is 17.3. The van der Waals surface area contributed by atoms with Crippen LogP contribution in [0.4, 0.5) is 11.4 Å². The molecule has 3 aromatic carbocycles. The molecule has 9 heteroatoms. The van der Waals surface area contributed by atoms with Crippen LogP contribution in [0.2, 0.25) is 5.02 Å². The Labute approximate surface area is 196 Å².